The standard InChI is InChI=1S/C9H16N2O2/c1-6-3-8(12)11(5-7(2)10)9(13)4-6/h6-7H,3-5,10H2,1-2H3/t7-/m0/s1. The van der Waals surface area contributed by atoms with Gasteiger partial charge in [-0.3, -0.25) is 14.5 Å². The van der Waals surface area contributed by atoms with Crippen LogP contribution in [0.3, 0.4) is 0 Å². The Bertz CT molecular complexity index is 208. The van der Waals surface area contributed by atoms with Crippen molar-refractivity contribution in [3.05, 3.63) is 0 Å². The number of hydrogen-bond acceptors (Lipinski definition) is 3. The van der Waals surface area contributed by atoms with Crippen LogP contribution in [0.2, 0.25) is 0 Å². The lowest BCUT2D eigenvalue weighted by atomic mass is 9.97. The van der Waals surface area contributed by atoms with Gasteiger partial charge in [-0.05, 0) is 12.8 Å². The zero-order valence-corrected chi connectivity index (χ0v) is 8.12. The third kappa shape index (κ3) is 2.52. The van der Waals surface area contributed by atoms with Crippen LogP contribution in [0.5, 0.6) is 0 Å². The van der Waals surface area contributed by atoms with Gasteiger partial charge >= 0.3 is 0 Å². The van der Waals surface area contributed by atoms with Crippen LogP contribution < -0.4 is 5.73 Å². The zero-order chi connectivity index (χ0) is 10.0. The van der Waals surface area contributed by atoms with Crippen LogP contribution >= 0.6 is 0 Å². The topological polar surface area (TPSA) is 63.4 Å². The minimum absolute atomic E-state index is 0.0824. The highest BCUT2D eigenvalue weighted by molar-refractivity contribution is 5.97. The zero-order valence-electron chi connectivity index (χ0n) is 8.12. The van der Waals surface area contributed by atoms with Gasteiger partial charge in [0.15, 0.2) is 0 Å². The molecule has 1 rings (SSSR count). The minimum Gasteiger partial charge on any atom is -0.326 e. The predicted octanol–water partition coefficient (Wildman–Crippen LogP) is 0.119. The second-order valence-electron chi connectivity index (χ2n) is 3.89. The van der Waals surface area contributed by atoms with E-state index in [-0.39, 0.29) is 23.8 Å². The van der Waals surface area contributed by atoms with Crippen molar-refractivity contribution in [3.63, 3.8) is 0 Å². The van der Waals surface area contributed by atoms with Crippen LogP contribution in [0.15, 0.2) is 0 Å². The highest BCUT2D eigenvalue weighted by Gasteiger charge is 2.30. The van der Waals surface area contributed by atoms with Crippen LogP contribution in [0.25, 0.3) is 0 Å². The van der Waals surface area contributed by atoms with Gasteiger partial charge in [0.05, 0.1) is 0 Å². The van der Waals surface area contributed by atoms with E-state index in [0.717, 1.165) is 0 Å². The highest BCUT2D eigenvalue weighted by Crippen LogP contribution is 2.18. The molecule has 0 bridgehead atoms. The summed E-state index contributed by atoms with van der Waals surface area (Å²) in [5, 5.41) is 0. The van der Waals surface area contributed by atoms with Gasteiger partial charge in [-0.15, -0.1) is 0 Å². The fourth-order valence-corrected chi connectivity index (χ4v) is 1.52. The Morgan fingerprint density at radius 3 is 2.31 bits per heavy atom. The molecule has 1 aliphatic rings. The summed E-state index contributed by atoms with van der Waals surface area (Å²) in [7, 11) is 0. The lowest BCUT2D eigenvalue weighted by molar-refractivity contribution is -0.149. The molecule has 0 aliphatic carbocycles. The SMILES string of the molecule is CC1CC(=O)N(C[C@H](C)N)C(=O)C1. The maximum absolute atomic E-state index is 11.4. The second kappa shape index (κ2) is 3.87. The van der Waals surface area contributed by atoms with Gasteiger partial charge in [0.1, 0.15) is 0 Å². The molecule has 0 radical (unpaired) electrons. The van der Waals surface area contributed by atoms with E-state index >= 15 is 0 Å². The number of likely N-dealkylation sites (tertiary alicyclic amines) is 1. The quantitative estimate of drug-likeness (QED) is 0.620. The maximum atomic E-state index is 11.4. The molecule has 2 N–H and O–H groups in total. The Balaban J connectivity index is 2.62. The largest absolute Gasteiger partial charge is 0.326 e. The van der Waals surface area contributed by atoms with Crippen molar-refractivity contribution < 1.29 is 9.59 Å². The van der Waals surface area contributed by atoms with Crippen molar-refractivity contribution in [2.75, 3.05) is 6.54 Å². The Morgan fingerprint density at radius 1 is 1.46 bits per heavy atom. The number of carbonyl (C=O) groups excluding carboxylic acids is 2. The van der Waals surface area contributed by atoms with Crippen LogP contribution in [0.4, 0.5) is 0 Å². The molecule has 0 aromatic rings. The normalized spacial score (nSPS) is 22.2. The van der Waals surface area contributed by atoms with E-state index in [1.807, 2.05) is 6.92 Å². The second-order valence-corrected chi connectivity index (χ2v) is 3.89. The molecule has 0 spiro atoms. The summed E-state index contributed by atoms with van der Waals surface area (Å²) < 4.78 is 0. The first-order valence-electron chi connectivity index (χ1n) is 4.59. The molecule has 0 unspecified atom stereocenters. The first kappa shape index (κ1) is 10.2. The Hall–Kier alpha value is -0.900. The molecule has 2 amide bonds. The fraction of sp³-hybridized carbons (Fsp3) is 0.778. The molecular formula is C9H16N2O2. The molecule has 4 heteroatoms. The molecule has 0 aromatic heterocycles. The summed E-state index contributed by atoms with van der Waals surface area (Å²) in [4.78, 5) is 24.1. The Morgan fingerprint density at radius 2 is 1.92 bits per heavy atom. The Kier molecular flexibility index (Phi) is 3.03. The summed E-state index contributed by atoms with van der Waals surface area (Å²) in [5.41, 5.74) is 5.54. The van der Waals surface area contributed by atoms with Crippen molar-refractivity contribution in [3.8, 4) is 0 Å². The van der Waals surface area contributed by atoms with Crippen molar-refractivity contribution in [1.29, 1.82) is 0 Å². The molecular weight excluding hydrogens is 168 g/mol. The van der Waals surface area contributed by atoms with Gasteiger partial charge < -0.3 is 5.73 Å². The first-order chi connectivity index (χ1) is 6.00. The summed E-state index contributed by atoms with van der Waals surface area (Å²) >= 11 is 0. The molecule has 0 saturated carbocycles. The number of nitrogens with two attached hydrogens (primary N) is 1. The first-order valence-corrected chi connectivity index (χ1v) is 4.59. The molecule has 1 saturated heterocycles. The molecule has 74 valence electrons. The third-order valence-corrected chi connectivity index (χ3v) is 2.12. The summed E-state index contributed by atoms with van der Waals surface area (Å²) in [6.07, 6.45) is 0.941. The van der Waals surface area contributed by atoms with Crippen molar-refractivity contribution >= 4 is 11.8 Å². The maximum Gasteiger partial charge on any atom is 0.229 e. The third-order valence-electron chi connectivity index (χ3n) is 2.12. The fourth-order valence-electron chi connectivity index (χ4n) is 1.52. The van der Waals surface area contributed by atoms with Crippen LogP contribution in [-0.2, 0) is 9.59 Å². The van der Waals surface area contributed by atoms with Crippen molar-refractivity contribution in [1.82, 2.24) is 4.90 Å². The van der Waals surface area contributed by atoms with E-state index in [0.29, 0.717) is 19.4 Å². The number of imide groups is 1. The van der Waals surface area contributed by atoms with Gasteiger partial charge in [-0.2, -0.15) is 0 Å². The van der Waals surface area contributed by atoms with Gasteiger partial charge in [0.25, 0.3) is 0 Å². The molecule has 1 heterocycles. The van der Waals surface area contributed by atoms with E-state index in [2.05, 4.69) is 0 Å². The molecule has 4 nitrogen and oxygen atoms in total. The molecule has 13 heavy (non-hydrogen) atoms. The number of carbonyl (C=O) groups is 2. The van der Waals surface area contributed by atoms with E-state index in [1.165, 1.54) is 4.90 Å². The molecule has 1 atom stereocenters. The van der Waals surface area contributed by atoms with E-state index in [1.54, 1.807) is 6.92 Å². The van der Waals surface area contributed by atoms with Gasteiger partial charge in [-0.25, -0.2) is 0 Å². The van der Waals surface area contributed by atoms with Gasteiger partial charge in [-0.1, -0.05) is 6.92 Å². The van der Waals surface area contributed by atoms with E-state index < -0.39 is 0 Å². The minimum atomic E-state index is -0.138. The molecule has 1 fully saturated rings. The molecule has 1 aliphatic heterocycles. The predicted molar refractivity (Wildman–Crippen MR) is 48.8 cm³/mol. The highest BCUT2D eigenvalue weighted by atomic mass is 16.2. The van der Waals surface area contributed by atoms with Crippen LogP contribution in [-0.4, -0.2) is 29.3 Å². The smallest absolute Gasteiger partial charge is 0.229 e. The monoisotopic (exact) mass is 184 g/mol. The van der Waals surface area contributed by atoms with Crippen LogP contribution in [0, 0.1) is 5.92 Å². The number of hydrogen-bond donors (Lipinski definition) is 1. The van der Waals surface area contributed by atoms with Gasteiger partial charge in [0, 0.05) is 25.4 Å². The molecule has 0 aromatic carbocycles. The van der Waals surface area contributed by atoms with Crippen molar-refractivity contribution in [2.24, 2.45) is 11.7 Å². The van der Waals surface area contributed by atoms with E-state index in [9.17, 15) is 9.59 Å². The van der Waals surface area contributed by atoms with Crippen molar-refractivity contribution in [2.45, 2.75) is 32.7 Å². The average molecular weight is 184 g/mol. The lowest BCUT2D eigenvalue weighted by Gasteiger charge is -2.29. The summed E-state index contributed by atoms with van der Waals surface area (Å²) in [6.45, 7) is 4.06. The Labute approximate surface area is 78.1 Å². The van der Waals surface area contributed by atoms with E-state index in [4.69, 9.17) is 5.73 Å². The summed E-state index contributed by atoms with van der Waals surface area (Å²) in [5.74, 6) is 0.0198. The number of nitrogens with zero attached hydrogens (tertiary/aromatic N) is 1. The average Bonchev–Trinajstić information content (AvgIpc) is 1.96. The number of rotatable bonds is 2. The van der Waals surface area contributed by atoms with Crippen LogP contribution in [0.1, 0.15) is 26.7 Å². The number of amides is 2. The van der Waals surface area contributed by atoms with Gasteiger partial charge in [0.2, 0.25) is 11.8 Å². The summed E-state index contributed by atoms with van der Waals surface area (Å²) in [6, 6.07) is -0.138. The number of piperidine rings is 1. The lowest BCUT2D eigenvalue weighted by Crippen LogP contribution is -2.47.